The summed E-state index contributed by atoms with van der Waals surface area (Å²) in [4.78, 5) is 9.26. The molecule has 0 unspecified atom stereocenters. The number of benzene rings is 2. The second-order valence-electron chi connectivity index (χ2n) is 8.49. The number of hydrogen-bond acceptors (Lipinski definition) is 5. The molecule has 0 radical (unpaired) electrons. The molecule has 7 heteroatoms. The average Bonchev–Trinajstić information content (AvgIpc) is 3.26. The Morgan fingerprint density at radius 1 is 1.07 bits per heavy atom. The molecule has 2 aliphatic rings. The zero-order valence-corrected chi connectivity index (χ0v) is 19.0. The molecule has 0 bridgehead atoms. The van der Waals surface area contributed by atoms with Crippen LogP contribution >= 0.6 is 23.9 Å². The van der Waals surface area contributed by atoms with Gasteiger partial charge in [-0.1, -0.05) is 24.3 Å². The number of hydrogen-bond donors (Lipinski definition) is 1. The number of aliphatic hydroxyl groups is 1. The predicted octanol–water partition coefficient (Wildman–Crippen LogP) is 4.96. The minimum absolute atomic E-state index is 0. The molecule has 0 aliphatic carbocycles. The van der Waals surface area contributed by atoms with Gasteiger partial charge in [-0.2, -0.15) is 4.37 Å². The number of nitrogens with zero attached hydrogens (tertiary/aromatic N) is 4. The number of piperazine rings is 1. The van der Waals surface area contributed by atoms with Crippen molar-refractivity contribution in [3.63, 3.8) is 0 Å². The van der Waals surface area contributed by atoms with Crippen LogP contribution in [-0.4, -0.2) is 53.0 Å². The van der Waals surface area contributed by atoms with Gasteiger partial charge in [0.2, 0.25) is 0 Å². The number of fused-ring (bicyclic) bond motifs is 2. The van der Waals surface area contributed by atoms with E-state index >= 15 is 0 Å². The van der Waals surface area contributed by atoms with Gasteiger partial charge in [0.1, 0.15) is 5.82 Å². The van der Waals surface area contributed by atoms with Crippen molar-refractivity contribution in [1.29, 1.82) is 0 Å². The van der Waals surface area contributed by atoms with Gasteiger partial charge in [-0.05, 0) is 61.1 Å². The van der Waals surface area contributed by atoms with Crippen LogP contribution in [0.4, 0.5) is 11.5 Å². The second-order valence-corrected chi connectivity index (χ2v) is 9.30. The lowest BCUT2D eigenvalue weighted by atomic mass is 9.84. The number of halogens is 1. The molecule has 3 aromatic rings. The van der Waals surface area contributed by atoms with Crippen LogP contribution in [0.3, 0.4) is 0 Å². The molecular weight excluding hydrogens is 416 g/mol. The molecule has 1 fully saturated rings. The Kier molecular flexibility index (Phi) is 5.75. The fourth-order valence-electron chi connectivity index (χ4n) is 4.28. The Labute approximate surface area is 187 Å². The molecule has 0 spiro atoms. The molecule has 3 heterocycles. The molecule has 1 aromatic heterocycles. The molecule has 0 atom stereocenters. The molecule has 5 nitrogen and oxygen atoms in total. The Bertz CT molecular complexity index is 1090. The van der Waals surface area contributed by atoms with E-state index in [0.717, 1.165) is 56.2 Å². The average molecular weight is 443 g/mol. The van der Waals surface area contributed by atoms with Crippen LogP contribution in [0, 0.1) is 0 Å². The van der Waals surface area contributed by atoms with E-state index in [9.17, 15) is 5.11 Å². The molecule has 0 saturated carbocycles. The summed E-state index contributed by atoms with van der Waals surface area (Å²) in [7, 11) is 0. The van der Waals surface area contributed by atoms with Crippen molar-refractivity contribution >= 4 is 51.4 Å². The summed E-state index contributed by atoms with van der Waals surface area (Å²) in [6.45, 7) is 9.28. The van der Waals surface area contributed by atoms with Crippen molar-refractivity contribution in [2.24, 2.45) is 4.99 Å². The van der Waals surface area contributed by atoms with E-state index in [0.29, 0.717) is 0 Å². The van der Waals surface area contributed by atoms with E-state index in [1.165, 1.54) is 15.6 Å². The van der Waals surface area contributed by atoms with Crippen LogP contribution < -0.4 is 4.90 Å². The molecule has 2 aromatic carbocycles. The Morgan fingerprint density at radius 3 is 2.63 bits per heavy atom. The van der Waals surface area contributed by atoms with Gasteiger partial charge in [0.05, 0.1) is 15.8 Å². The number of aliphatic hydroxyl groups excluding tert-OH is 1. The lowest BCUT2D eigenvalue weighted by molar-refractivity contribution is 0.260. The van der Waals surface area contributed by atoms with E-state index in [1.54, 1.807) is 11.5 Å². The molecule has 30 heavy (non-hydrogen) atoms. The summed E-state index contributed by atoms with van der Waals surface area (Å²) in [5, 5.41) is 11.4. The third-order valence-corrected chi connectivity index (χ3v) is 7.08. The first-order chi connectivity index (χ1) is 14.0. The summed E-state index contributed by atoms with van der Waals surface area (Å²) in [6.07, 6.45) is 1.02. The van der Waals surface area contributed by atoms with Crippen molar-refractivity contribution in [3.8, 4) is 0 Å². The van der Waals surface area contributed by atoms with Crippen LogP contribution in [0.2, 0.25) is 0 Å². The lowest BCUT2D eigenvalue weighted by Crippen LogP contribution is -2.47. The van der Waals surface area contributed by atoms with Gasteiger partial charge in [0.25, 0.3) is 0 Å². The highest BCUT2D eigenvalue weighted by Crippen LogP contribution is 2.39. The number of aliphatic imine (C=N–C) groups is 1. The minimum atomic E-state index is -0.382. The maximum Gasteiger partial charge on any atom is 0.196 e. The Morgan fingerprint density at radius 2 is 1.83 bits per heavy atom. The summed E-state index contributed by atoms with van der Waals surface area (Å²) in [6, 6.07) is 14.9. The quantitative estimate of drug-likeness (QED) is 0.620. The van der Waals surface area contributed by atoms with Gasteiger partial charge in [0.15, 0.2) is 5.90 Å². The first kappa shape index (κ1) is 21.1. The van der Waals surface area contributed by atoms with E-state index < -0.39 is 0 Å². The summed E-state index contributed by atoms with van der Waals surface area (Å²) in [5.41, 5.74) is 2.97. The monoisotopic (exact) mass is 442 g/mol. The third kappa shape index (κ3) is 3.68. The van der Waals surface area contributed by atoms with Gasteiger partial charge < -0.3 is 10.0 Å². The summed E-state index contributed by atoms with van der Waals surface area (Å²) < 4.78 is 5.97. The lowest BCUT2D eigenvalue weighted by Gasteiger charge is -2.35. The molecule has 158 valence electrons. The van der Waals surface area contributed by atoms with Crippen LogP contribution in [0.5, 0.6) is 0 Å². The largest absolute Gasteiger partial charge is 0.496 e. The van der Waals surface area contributed by atoms with Gasteiger partial charge in [0, 0.05) is 38.1 Å². The van der Waals surface area contributed by atoms with E-state index in [1.807, 2.05) is 19.9 Å². The fourth-order valence-corrected chi connectivity index (χ4v) is 5.08. The van der Waals surface area contributed by atoms with Crippen LogP contribution in [0.1, 0.15) is 25.0 Å². The highest BCUT2D eigenvalue weighted by Gasteiger charge is 2.35. The third-order valence-electron chi connectivity index (χ3n) is 6.27. The van der Waals surface area contributed by atoms with E-state index in [2.05, 4.69) is 51.2 Å². The van der Waals surface area contributed by atoms with Gasteiger partial charge in [-0.3, -0.25) is 4.90 Å². The van der Waals surface area contributed by atoms with E-state index in [4.69, 9.17) is 4.37 Å². The molecular formula is C23H27ClN4OS. The zero-order valence-electron chi connectivity index (χ0n) is 17.3. The highest BCUT2D eigenvalue weighted by atomic mass is 35.5. The van der Waals surface area contributed by atoms with Crippen molar-refractivity contribution in [2.45, 2.75) is 25.7 Å². The first-order valence-corrected chi connectivity index (χ1v) is 11.0. The van der Waals surface area contributed by atoms with Crippen LogP contribution in [-0.2, 0) is 11.8 Å². The molecule has 5 rings (SSSR count). The second kappa shape index (κ2) is 8.17. The van der Waals surface area contributed by atoms with Gasteiger partial charge in [-0.25, -0.2) is 4.99 Å². The van der Waals surface area contributed by atoms with Crippen molar-refractivity contribution in [2.75, 3.05) is 37.6 Å². The molecule has 1 saturated heterocycles. The maximum atomic E-state index is 10.1. The van der Waals surface area contributed by atoms with Gasteiger partial charge >= 0.3 is 0 Å². The normalized spacial score (nSPS) is 18.2. The standard InChI is InChI=1S/C23H26N4OS.ClH/c1-23(2)18-15-16(7-8-19(18)24-22(23)28)9-10-26-11-13-27(14-12-26)21-17-5-3-4-6-20(17)29-25-21;/h3-8,15H,9-14H2,1-2H3,(H,24,28);1H. The summed E-state index contributed by atoms with van der Waals surface area (Å²) in [5.74, 6) is 1.36. The van der Waals surface area contributed by atoms with Crippen molar-refractivity contribution < 1.29 is 5.11 Å². The fraction of sp³-hybridized carbons (Fsp3) is 0.391. The van der Waals surface area contributed by atoms with Crippen LogP contribution in [0.25, 0.3) is 10.1 Å². The molecule has 1 N–H and O–H groups in total. The Balaban J connectivity index is 0.00000218. The maximum absolute atomic E-state index is 10.1. The predicted molar refractivity (Wildman–Crippen MR) is 128 cm³/mol. The summed E-state index contributed by atoms with van der Waals surface area (Å²) >= 11 is 1.59. The van der Waals surface area contributed by atoms with E-state index in [-0.39, 0.29) is 23.7 Å². The minimum Gasteiger partial charge on any atom is -0.496 e. The van der Waals surface area contributed by atoms with Gasteiger partial charge in [-0.15, -0.1) is 12.4 Å². The first-order valence-electron chi connectivity index (χ1n) is 10.3. The number of rotatable bonds is 4. The number of aromatic nitrogens is 1. The highest BCUT2D eigenvalue weighted by molar-refractivity contribution is 7.13. The topological polar surface area (TPSA) is 52.0 Å². The zero-order chi connectivity index (χ0) is 20.0. The van der Waals surface area contributed by atoms with Crippen molar-refractivity contribution in [3.05, 3.63) is 53.6 Å². The number of anilines is 1. The molecule has 0 amide bonds. The smallest absolute Gasteiger partial charge is 0.196 e. The van der Waals surface area contributed by atoms with Crippen LogP contribution in [0.15, 0.2) is 47.5 Å². The SMILES string of the molecule is CC1(C)C(O)=Nc2ccc(CCN3CCN(c4nsc5ccccc45)CC3)cc21.Cl. The Hall–Kier alpha value is -2.15. The molecule has 2 aliphatic heterocycles. The van der Waals surface area contributed by atoms with Crippen molar-refractivity contribution in [1.82, 2.24) is 9.27 Å².